The fraction of sp³-hybridized carbons (Fsp3) is 0.118. The van der Waals surface area contributed by atoms with E-state index in [-0.39, 0.29) is 18.4 Å². The van der Waals surface area contributed by atoms with Crippen LogP contribution in [0.1, 0.15) is 37.4 Å². The number of hydrogen-bond acceptors (Lipinski definition) is 4. The van der Waals surface area contributed by atoms with Crippen molar-refractivity contribution in [3.63, 3.8) is 0 Å². The van der Waals surface area contributed by atoms with Crippen LogP contribution >= 0.6 is 0 Å². The van der Waals surface area contributed by atoms with Gasteiger partial charge in [0.2, 0.25) is 0 Å². The first-order chi connectivity index (χ1) is 10.6. The molecule has 2 aromatic rings. The summed E-state index contributed by atoms with van der Waals surface area (Å²) in [5.41, 5.74) is 3.47. The second-order valence-electron chi connectivity index (χ2n) is 5.17. The van der Waals surface area contributed by atoms with Gasteiger partial charge in [-0.3, -0.25) is 14.5 Å². The zero-order valence-corrected chi connectivity index (χ0v) is 12.0. The van der Waals surface area contributed by atoms with Gasteiger partial charge in [0.15, 0.2) is 0 Å². The quantitative estimate of drug-likeness (QED) is 0.409. The number of aryl methyl sites for hydroxylation is 1. The van der Waals surface area contributed by atoms with Gasteiger partial charge >= 0.3 is 0 Å². The molecule has 5 nitrogen and oxygen atoms in total. The van der Waals surface area contributed by atoms with Gasteiger partial charge in [-0.1, -0.05) is 35.5 Å². The zero-order valence-electron chi connectivity index (χ0n) is 12.0. The Balaban J connectivity index is 1.89. The summed E-state index contributed by atoms with van der Waals surface area (Å²) in [6, 6.07) is 12.3. The van der Waals surface area contributed by atoms with E-state index in [2.05, 4.69) is 5.16 Å². The Labute approximate surface area is 127 Å². The second kappa shape index (κ2) is 5.44. The number of oxime groups is 1. The van der Waals surface area contributed by atoms with E-state index in [9.17, 15) is 9.59 Å². The van der Waals surface area contributed by atoms with Gasteiger partial charge in [-0.15, -0.1) is 0 Å². The molecule has 110 valence electrons. The summed E-state index contributed by atoms with van der Waals surface area (Å²) in [7, 11) is 0. The van der Waals surface area contributed by atoms with Crippen LogP contribution < -0.4 is 0 Å². The number of benzene rings is 2. The molecule has 0 spiro atoms. The maximum atomic E-state index is 12.3. The molecule has 0 saturated carbocycles. The molecule has 0 aromatic heterocycles. The van der Waals surface area contributed by atoms with Crippen LogP contribution in [-0.4, -0.2) is 28.1 Å². The smallest absolute Gasteiger partial charge is 0.261 e. The van der Waals surface area contributed by atoms with E-state index >= 15 is 0 Å². The fourth-order valence-corrected chi connectivity index (χ4v) is 2.60. The molecule has 0 bridgehead atoms. The van der Waals surface area contributed by atoms with Crippen molar-refractivity contribution >= 4 is 18.0 Å². The maximum absolute atomic E-state index is 12.3. The summed E-state index contributed by atoms with van der Waals surface area (Å²) in [6.07, 6.45) is 1.33. The molecule has 1 N–H and O–H groups in total. The lowest BCUT2D eigenvalue weighted by Gasteiger charge is -2.15. The van der Waals surface area contributed by atoms with E-state index in [1.54, 1.807) is 30.3 Å². The summed E-state index contributed by atoms with van der Waals surface area (Å²) >= 11 is 0. The van der Waals surface area contributed by atoms with Crippen molar-refractivity contribution in [1.29, 1.82) is 0 Å². The van der Waals surface area contributed by atoms with E-state index in [4.69, 9.17) is 5.21 Å². The van der Waals surface area contributed by atoms with Crippen LogP contribution in [0.2, 0.25) is 0 Å². The molecule has 0 radical (unpaired) electrons. The molecule has 3 rings (SSSR count). The number of amides is 2. The van der Waals surface area contributed by atoms with Crippen LogP contribution in [0, 0.1) is 6.92 Å². The second-order valence-corrected chi connectivity index (χ2v) is 5.17. The van der Waals surface area contributed by atoms with E-state index in [0.29, 0.717) is 11.1 Å². The lowest BCUT2D eigenvalue weighted by atomic mass is 10.1. The largest absolute Gasteiger partial charge is 0.411 e. The Bertz CT molecular complexity index is 761. The number of rotatable bonds is 3. The molecule has 0 saturated heterocycles. The van der Waals surface area contributed by atoms with Crippen molar-refractivity contribution in [1.82, 2.24) is 4.90 Å². The highest BCUT2D eigenvalue weighted by Crippen LogP contribution is 2.25. The van der Waals surface area contributed by atoms with Gasteiger partial charge in [0.05, 0.1) is 23.9 Å². The zero-order chi connectivity index (χ0) is 15.7. The van der Waals surface area contributed by atoms with Crippen molar-refractivity contribution in [2.45, 2.75) is 13.5 Å². The van der Waals surface area contributed by atoms with Crippen molar-refractivity contribution in [3.05, 3.63) is 70.3 Å². The van der Waals surface area contributed by atoms with Crippen LogP contribution in [-0.2, 0) is 6.54 Å². The first-order valence-electron chi connectivity index (χ1n) is 6.84. The summed E-state index contributed by atoms with van der Waals surface area (Å²) < 4.78 is 0. The van der Waals surface area contributed by atoms with E-state index < -0.39 is 0 Å². The summed E-state index contributed by atoms with van der Waals surface area (Å²) in [6.45, 7) is 2.12. The summed E-state index contributed by atoms with van der Waals surface area (Å²) in [5.74, 6) is -0.526. The van der Waals surface area contributed by atoms with Gasteiger partial charge < -0.3 is 5.21 Å². The number of carbonyl (C=O) groups excluding carboxylic acids is 2. The van der Waals surface area contributed by atoms with Crippen LogP contribution in [0.3, 0.4) is 0 Å². The van der Waals surface area contributed by atoms with Gasteiger partial charge in [-0.25, -0.2) is 0 Å². The molecule has 1 heterocycles. The standard InChI is InChI=1S/C17H14N2O3/c1-11-8-12(9-18-22)6-7-13(11)10-19-16(20)14-4-2-3-5-15(14)17(19)21/h2-9,22H,10H2,1H3. The van der Waals surface area contributed by atoms with Crippen molar-refractivity contribution in [2.24, 2.45) is 5.16 Å². The Morgan fingerprint density at radius 2 is 1.73 bits per heavy atom. The number of hydrogen-bond donors (Lipinski definition) is 1. The minimum absolute atomic E-state index is 0.231. The third kappa shape index (κ3) is 2.26. The molecule has 2 amide bonds. The monoisotopic (exact) mass is 294 g/mol. The molecule has 1 aliphatic rings. The van der Waals surface area contributed by atoms with Crippen molar-refractivity contribution in [2.75, 3.05) is 0 Å². The van der Waals surface area contributed by atoms with Crippen molar-refractivity contribution < 1.29 is 14.8 Å². The minimum Gasteiger partial charge on any atom is -0.411 e. The molecule has 0 aliphatic carbocycles. The number of nitrogens with zero attached hydrogens (tertiary/aromatic N) is 2. The van der Waals surface area contributed by atoms with Crippen LogP contribution in [0.15, 0.2) is 47.6 Å². The third-order valence-electron chi connectivity index (χ3n) is 3.78. The van der Waals surface area contributed by atoms with Crippen LogP contribution in [0.25, 0.3) is 0 Å². The molecule has 5 heteroatoms. The summed E-state index contributed by atoms with van der Waals surface area (Å²) in [5, 5.41) is 11.5. The first-order valence-corrected chi connectivity index (χ1v) is 6.84. The van der Waals surface area contributed by atoms with Gasteiger partial charge in [0, 0.05) is 0 Å². The van der Waals surface area contributed by atoms with Gasteiger partial charge in [-0.05, 0) is 35.7 Å². The van der Waals surface area contributed by atoms with Gasteiger partial charge in [0.1, 0.15) is 0 Å². The molecule has 1 aliphatic heterocycles. The predicted octanol–water partition coefficient (Wildman–Crippen LogP) is 2.60. The topological polar surface area (TPSA) is 70.0 Å². The SMILES string of the molecule is Cc1cc(C=NO)ccc1CN1C(=O)c2ccccc2C1=O. The van der Waals surface area contributed by atoms with Crippen LogP contribution in [0.5, 0.6) is 0 Å². The maximum Gasteiger partial charge on any atom is 0.261 e. The lowest BCUT2D eigenvalue weighted by Crippen LogP contribution is -2.29. The fourth-order valence-electron chi connectivity index (χ4n) is 2.60. The average molecular weight is 294 g/mol. The molecule has 22 heavy (non-hydrogen) atoms. The highest BCUT2D eigenvalue weighted by atomic mass is 16.4. The molecule has 0 atom stereocenters. The molecular formula is C17H14N2O3. The van der Waals surface area contributed by atoms with Crippen LogP contribution in [0.4, 0.5) is 0 Å². The highest BCUT2D eigenvalue weighted by molar-refractivity contribution is 6.21. The number of fused-ring (bicyclic) bond motifs is 1. The Hall–Kier alpha value is -2.95. The lowest BCUT2D eigenvalue weighted by molar-refractivity contribution is 0.0642. The number of carbonyl (C=O) groups is 2. The van der Waals surface area contributed by atoms with Gasteiger partial charge in [-0.2, -0.15) is 0 Å². The van der Waals surface area contributed by atoms with E-state index in [1.807, 2.05) is 19.1 Å². The Kier molecular flexibility index (Phi) is 3.47. The molecule has 2 aromatic carbocycles. The predicted molar refractivity (Wildman–Crippen MR) is 81.2 cm³/mol. The van der Waals surface area contributed by atoms with E-state index in [1.165, 1.54) is 11.1 Å². The highest BCUT2D eigenvalue weighted by Gasteiger charge is 2.35. The third-order valence-corrected chi connectivity index (χ3v) is 3.78. The average Bonchev–Trinajstić information content (AvgIpc) is 2.75. The molecule has 0 fully saturated rings. The van der Waals surface area contributed by atoms with Crippen molar-refractivity contribution in [3.8, 4) is 0 Å². The summed E-state index contributed by atoms with van der Waals surface area (Å²) in [4.78, 5) is 25.9. The Morgan fingerprint density at radius 1 is 1.09 bits per heavy atom. The molecule has 0 unspecified atom stereocenters. The molecular weight excluding hydrogens is 280 g/mol. The normalized spacial score (nSPS) is 14.0. The van der Waals surface area contributed by atoms with E-state index in [0.717, 1.165) is 16.7 Å². The minimum atomic E-state index is -0.263. The van der Waals surface area contributed by atoms with Gasteiger partial charge in [0.25, 0.3) is 11.8 Å². The first kappa shape index (κ1) is 14.0. The Morgan fingerprint density at radius 3 is 2.27 bits per heavy atom. The number of imide groups is 1.